The first-order valence-corrected chi connectivity index (χ1v) is 5.76. The Morgan fingerprint density at radius 1 is 1.50 bits per heavy atom. The molecule has 1 aliphatic heterocycles. The third kappa shape index (κ3) is 1.63. The number of nitrogens with one attached hydrogen (secondary N) is 1. The van der Waals surface area contributed by atoms with E-state index < -0.39 is 0 Å². The lowest BCUT2D eigenvalue weighted by atomic mass is 10.0. The number of hydrogen-bond acceptors (Lipinski definition) is 3. The van der Waals surface area contributed by atoms with Crippen molar-refractivity contribution < 1.29 is 4.39 Å². The Morgan fingerprint density at radius 3 is 3.17 bits per heavy atom. The molecule has 1 atom stereocenters. The molecule has 18 heavy (non-hydrogen) atoms. The summed E-state index contributed by atoms with van der Waals surface area (Å²) >= 11 is 0. The fourth-order valence-corrected chi connectivity index (χ4v) is 2.33. The van der Waals surface area contributed by atoms with E-state index in [4.69, 9.17) is 5.26 Å². The van der Waals surface area contributed by atoms with Gasteiger partial charge in [-0.3, -0.25) is 0 Å². The van der Waals surface area contributed by atoms with Gasteiger partial charge in [0, 0.05) is 6.54 Å². The molecule has 0 saturated carbocycles. The highest BCUT2D eigenvalue weighted by molar-refractivity contribution is 5.53. The molecule has 1 aromatic carbocycles. The predicted molar refractivity (Wildman–Crippen MR) is 64.6 cm³/mol. The maximum atomic E-state index is 13.3. The number of halogens is 1. The zero-order valence-corrected chi connectivity index (χ0v) is 9.60. The minimum absolute atomic E-state index is 0.0148. The Bertz CT molecular complexity index is 626. The summed E-state index contributed by atoms with van der Waals surface area (Å²) in [4.78, 5) is 0. The van der Waals surface area contributed by atoms with Crippen molar-refractivity contribution in [3.8, 4) is 6.07 Å². The van der Waals surface area contributed by atoms with Gasteiger partial charge in [-0.2, -0.15) is 10.4 Å². The number of nitrogens with zero attached hydrogens (tertiary/aromatic N) is 3. The molecule has 1 aliphatic rings. The number of fused-ring (bicyclic) bond motifs is 1. The van der Waals surface area contributed by atoms with Gasteiger partial charge in [-0.15, -0.1) is 0 Å². The SMILES string of the molecule is N#Cc1cnn2c1NCCC2c1cccc(F)c1. The van der Waals surface area contributed by atoms with E-state index in [9.17, 15) is 4.39 Å². The van der Waals surface area contributed by atoms with Crippen LogP contribution in [0.4, 0.5) is 10.2 Å². The standard InChI is InChI=1S/C13H11FN4/c14-11-3-1-2-9(6-11)12-4-5-16-13-10(7-15)8-17-18(12)13/h1-3,6,8,12,16H,4-5H2. The first-order chi connectivity index (χ1) is 8.79. The Labute approximate surface area is 104 Å². The van der Waals surface area contributed by atoms with Crippen molar-refractivity contribution in [1.29, 1.82) is 5.26 Å². The van der Waals surface area contributed by atoms with E-state index in [0.717, 1.165) is 24.3 Å². The van der Waals surface area contributed by atoms with E-state index in [1.54, 1.807) is 16.9 Å². The van der Waals surface area contributed by atoms with Crippen molar-refractivity contribution in [3.05, 3.63) is 47.4 Å². The summed E-state index contributed by atoms with van der Waals surface area (Å²) in [5, 5.41) is 16.4. The van der Waals surface area contributed by atoms with Crippen LogP contribution in [0, 0.1) is 17.1 Å². The quantitative estimate of drug-likeness (QED) is 0.834. The van der Waals surface area contributed by atoms with Crippen LogP contribution < -0.4 is 5.32 Å². The predicted octanol–water partition coefficient (Wildman–Crippen LogP) is 2.30. The van der Waals surface area contributed by atoms with Crippen LogP contribution in [0.1, 0.15) is 23.6 Å². The third-order valence-electron chi connectivity index (χ3n) is 3.15. The number of hydrogen-bond donors (Lipinski definition) is 1. The molecule has 0 amide bonds. The van der Waals surface area contributed by atoms with Crippen molar-refractivity contribution >= 4 is 5.82 Å². The maximum absolute atomic E-state index is 13.3. The van der Waals surface area contributed by atoms with Crippen LogP contribution in [0.15, 0.2) is 30.5 Å². The van der Waals surface area contributed by atoms with Crippen LogP contribution >= 0.6 is 0 Å². The molecular weight excluding hydrogens is 231 g/mol. The molecule has 0 aliphatic carbocycles. The lowest BCUT2D eigenvalue weighted by Gasteiger charge is -2.26. The summed E-state index contributed by atoms with van der Waals surface area (Å²) in [6.45, 7) is 0.752. The number of nitriles is 1. The van der Waals surface area contributed by atoms with Gasteiger partial charge in [0.1, 0.15) is 23.3 Å². The number of aromatic nitrogens is 2. The van der Waals surface area contributed by atoms with Gasteiger partial charge >= 0.3 is 0 Å². The largest absolute Gasteiger partial charge is 0.369 e. The van der Waals surface area contributed by atoms with Gasteiger partial charge in [0.2, 0.25) is 0 Å². The monoisotopic (exact) mass is 242 g/mol. The fourth-order valence-electron chi connectivity index (χ4n) is 2.33. The average molecular weight is 242 g/mol. The highest BCUT2D eigenvalue weighted by Gasteiger charge is 2.24. The highest BCUT2D eigenvalue weighted by Crippen LogP contribution is 2.31. The normalized spacial score (nSPS) is 17.7. The molecule has 1 aromatic heterocycles. The van der Waals surface area contributed by atoms with Crippen molar-refractivity contribution in [2.24, 2.45) is 0 Å². The van der Waals surface area contributed by atoms with Crippen LogP contribution in [-0.4, -0.2) is 16.3 Å². The van der Waals surface area contributed by atoms with Crippen LogP contribution in [0.2, 0.25) is 0 Å². The Balaban J connectivity index is 2.07. The van der Waals surface area contributed by atoms with Gasteiger partial charge < -0.3 is 5.32 Å². The second-order valence-corrected chi connectivity index (χ2v) is 4.25. The van der Waals surface area contributed by atoms with E-state index in [2.05, 4.69) is 16.5 Å². The zero-order chi connectivity index (χ0) is 12.5. The molecule has 0 spiro atoms. The van der Waals surface area contributed by atoms with Crippen LogP contribution in [-0.2, 0) is 0 Å². The minimum Gasteiger partial charge on any atom is -0.369 e. The maximum Gasteiger partial charge on any atom is 0.143 e. The molecule has 1 unspecified atom stereocenters. The topological polar surface area (TPSA) is 53.6 Å². The van der Waals surface area contributed by atoms with Crippen LogP contribution in [0.5, 0.6) is 0 Å². The summed E-state index contributed by atoms with van der Waals surface area (Å²) in [6.07, 6.45) is 2.36. The van der Waals surface area contributed by atoms with Gasteiger partial charge in [0.25, 0.3) is 0 Å². The van der Waals surface area contributed by atoms with Crippen LogP contribution in [0.3, 0.4) is 0 Å². The van der Waals surface area contributed by atoms with Crippen molar-refractivity contribution in [2.45, 2.75) is 12.5 Å². The van der Waals surface area contributed by atoms with E-state index in [1.807, 2.05) is 6.07 Å². The summed E-state index contributed by atoms with van der Waals surface area (Å²) in [5.74, 6) is 0.471. The number of benzene rings is 1. The van der Waals surface area contributed by atoms with Crippen LogP contribution in [0.25, 0.3) is 0 Å². The second-order valence-electron chi connectivity index (χ2n) is 4.25. The van der Waals surface area contributed by atoms with E-state index in [0.29, 0.717) is 5.56 Å². The summed E-state index contributed by atoms with van der Waals surface area (Å²) in [6, 6.07) is 8.61. The molecule has 2 aromatic rings. The molecule has 5 heteroatoms. The van der Waals surface area contributed by atoms with E-state index in [-0.39, 0.29) is 11.9 Å². The average Bonchev–Trinajstić information content (AvgIpc) is 2.81. The number of rotatable bonds is 1. The molecule has 0 bridgehead atoms. The third-order valence-corrected chi connectivity index (χ3v) is 3.15. The second kappa shape index (κ2) is 4.15. The smallest absolute Gasteiger partial charge is 0.143 e. The zero-order valence-electron chi connectivity index (χ0n) is 9.60. The van der Waals surface area contributed by atoms with Gasteiger partial charge in [-0.25, -0.2) is 9.07 Å². The molecule has 3 rings (SSSR count). The summed E-state index contributed by atoms with van der Waals surface area (Å²) < 4.78 is 15.0. The Kier molecular flexibility index (Phi) is 2.49. The summed E-state index contributed by atoms with van der Waals surface area (Å²) in [5.41, 5.74) is 1.40. The summed E-state index contributed by atoms with van der Waals surface area (Å²) in [7, 11) is 0. The highest BCUT2D eigenvalue weighted by atomic mass is 19.1. The van der Waals surface area contributed by atoms with Gasteiger partial charge in [-0.1, -0.05) is 12.1 Å². The van der Waals surface area contributed by atoms with Crippen molar-refractivity contribution in [1.82, 2.24) is 9.78 Å². The molecule has 90 valence electrons. The Morgan fingerprint density at radius 2 is 2.39 bits per heavy atom. The van der Waals surface area contributed by atoms with E-state index in [1.165, 1.54) is 12.1 Å². The molecule has 4 nitrogen and oxygen atoms in total. The van der Waals surface area contributed by atoms with Gasteiger partial charge in [0.15, 0.2) is 0 Å². The molecule has 1 N–H and O–H groups in total. The molecule has 2 heterocycles. The van der Waals surface area contributed by atoms with Crippen molar-refractivity contribution in [3.63, 3.8) is 0 Å². The number of anilines is 1. The lowest BCUT2D eigenvalue weighted by Crippen LogP contribution is -2.24. The molecular formula is C13H11FN4. The first-order valence-electron chi connectivity index (χ1n) is 5.76. The van der Waals surface area contributed by atoms with Gasteiger partial charge in [0.05, 0.1) is 12.2 Å². The van der Waals surface area contributed by atoms with Crippen molar-refractivity contribution in [2.75, 3.05) is 11.9 Å². The molecule has 0 saturated heterocycles. The lowest BCUT2D eigenvalue weighted by molar-refractivity contribution is 0.479. The first kappa shape index (κ1) is 10.8. The minimum atomic E-state index is -0.250. The van der Waals surface area contributed by atoms with Gasteiger partial charge in [-0.05, 0) is 24.1 Å². The fraction of sp³-hybridized carbons (Fsp3) is 0.231. The van der Waals surface area contributed by atoms with E-state index >= 15 is 0 Å². The molecule has 0 fully saturated rings. The Hall–Kier alpha value is -2.35. The molecule has 0 radical (unpaired) electrons.